The van der Waals surface area contributed by atoms with E-state index in [1.54, 1.807) is 36.3 Å². The van der Waals surface area contributed by atoms with Gasteiger partial charge < -0.3 is 9.64 Å². The Hall–Kier alpha value is -3.01. The molecule has 0 saturated carbocycles. The summed E-state index contributed by atoms with van der Waals surface area (Å²) in [6, 6.07) is 12.2. The van der Waals surface area contributed by atoms with Crippen molar-refractivity contribution in [2.45, 2.75) is 13.8 Å². The third-order valence-corrected chi connectivity index (χ3v) is 6.86. The Morgan fingerprint density at radius 2 is 1.68 bits per heavy atom. The van der Waals surface area contributed by atoms with Gasteiger partial charge in [-0.3, -0.25) is 24.2 Å². The number of hydrogen-bond acceptors (Lipinski definition) is 7. The van der Waals surface area contributed by atoms with Gasteiger partial charge in [0.25, 0.3) is 11.8 Å². The second-order valence-corrected chi connectivity index (χ2v) is 8.65. The maximum absolute atomic E-state index is 13.4. The highest BCUT2D eigenvalue weighted by Gasteiger charge is 2.37. The van der Waals surface area contributed by atoms with E-state index in [1.807, 2.05) is 18.2 Å². The number of aromatic nitrogens is 1. The number of amides is 3. The summed E-state index contributed by atoms with van der Waals surface area (Å²) in [5, 5.41) is 0.534. The van der Waals surface area contributed by atoms with E-state index < -0.39 is 11.8 Å². The summed E-state index contributed by atoms with van der Waals surface area (Å²) in [4.78, 5) is 48.4. The Morgan fingerprint density at radius 1 is 1.03 bits per heavy atom. The van der Waals surface area contributed by atoms with Crippen LogP contribution in [0.4, 0.5) is 5.13 Å². The molecule has 0 radical (unpaired) electrons. The Morgan fingerprint density at radius 3 is 2.26 bits per heavy atom. The van der Waals surface area contributed by atoms with E-state index in [9.17, 15) is 14.4 Å². The monoisotopic (exact) mass is 502 g/mol. The van der Waals surface area contributed by atoms with Crippen LogP contribution in [0.25, 0.3) is 10.2 Å². The summed E-state index contributed by atoms with van der Waals surface area (Å²) >= 11 is 1.38. The van der Waals surface area contributed by atoms with Gasteiger partial charge >= 0.3 is 0 Å². The zero-order valence-electron chi connectivity index (χ0n) is 19.3. The summed E-state index contributed by atoms with van der Waals surface area (Å²) in [5.41, 5.74) is 1.42. The lowest BCUT2D eigenvalue weighted by molar-refractivity contribution is -0.119. The molecule has 2 heterocycles. The minimum Gasteiger partial charge on any atom is -0.497 e. The van der Waals surface area contributed by atoms with Crippen molar-refractivity contribution in [3.8, 4) is 5.75 Å². The number of fused-ring (bicyclic) bond motifs is 2. The molecule has 4 rings (SSSR count). The number of methoxy groups -OCH3 is 1. The highest BCUT2D eigenvalue weighted by molar-refractivity contribution is 7.22. The number of likely N-dealkylation sites (N-methyl/N-ethyl adjacent to an activating group) is 1. The molecule has 0 N–H and O–H groups in total. The van der Waals surface area contributed by atoms with Crippen LogP contribution in [0.5, 0.6) is 5.75 Å². The van der Waals surface area contributed by atoms with Crippen LogP contribution in [0.1, 0.15) is 34.6 Å². The molecule has 180 valence electrons. The number of halogens is 1. The number of rotatable bonds is 9. The zero-order valence-corrected chi connectivity index (χ0v) is 20.9. The minimum absolute atomic E-state index is 0. The molecule has 8 nitrogen and oxygen atoms in total. The number of carbonyl (C=O) groups is 3. The number of thiazole rings is 1. The fraction of sp³-hybridized carbons (Fsp3) is 0.333. The molecule has 0 saturated heterocycles. The number of nitrogens with zero attached hydrogens (tertiary/aromatic N) is 4. The van der Waals surface area contributed by atoms with Gasteiger partial charge in [-0.05, 0) is 43.4 Å². The minimum atomic E-state index is -0.443. The molecule has 0 fully saturated rings. The molecule has 0 aliphatic carbocycles. The van der Waals surface area contributed by atoms with Gasteiger partial charge in [0.2, 0.25) is 5.91 Å². The first-order valence-corrected chi connectivity index (χ1v) is 11.7. The van der Waals surface area contributed by atoms with E-state index in [0.29, 0.717) is 35.1 Å². The average Bonchev–Trinajstić information content (AvgIpc) is 3.36. The third kappa shape index (κ3) is 4.91. The molecule has 1 aliphatic rings. The first-order chi connectivity index (χ1) is 16.0. The molecule has 0 spiro atoms. The van der Waals surface area contributed by atoms with E-state index in [4.69, 9.17) is 4.74 Å². The van der Waals surface area contributed by atoms with Crippen LogP contribution in [0.3, 0.4) is 0 Å². The number of ether oxygens (including phenoxy) is 1. The van der Waals surface area contributed by atoms with Gasteiger partial charge in [-0.2, -0.15) is 0 Å². The van der Waals surface area contributed by atoms with Crippen molar-refractivity contribution in [3.05, 3.63) is 53.6 Å². The first-order valence-electron chi connectivity index (χ1n) is 10.9. The van der Waals surface area contributed by atoms with Crippen molar-refractivity contribution in [3.63, 3.8) is 0 Å². The summed E-state index contributed by atoms with van der Waals surface area (Å²) in [6.07, 6.45) is 0. The van der Waals surface area contributed by atoms with Gasteiger partial charge in [0.1, 0.15) is 12.3 Å². The van der Waals surface area contributed by atoms with Crippen LogP contribution in [0.15, 0.2) is 42.5 Å². The van der Waals surface area contributed by atoms with Crippen LogP contribution in [0.2, 0.25) is 0 Å². The molecule has 0 atom stereocenters. The van der Waals surface area contributed by atoms with Crippen molar-refractivity contribution in [1.29, 1.82) is 0 Å². The van der Waals surface area contributed by atoms with E-state index in [-0.39, 0.29) is 24.9 Å². The zero-order chi connectivity index (χ0) is 23.5. The third-order valence-electron chi connectivity index (χ3n) is 5.82. The van der Waals surface area contributed by atoms with Crippen LogP contribution < -0.4 is 9.64 Å². The van der Waals surface area contributed by atoms with Crippen molar-refractivity contribution in [2.75, 3.05) is 44.7 Å². The predicted molar refractivity (Wildman–Crippen MR) is 135 cm³/mol. The van der Waals surface area contributed by atoms with Crippen LogP contribution in [-0.4, -0.2) is 72.3 Å². The maximum atomic E-state index is 13.4. The topological polar surface area (TPSA) is 83.0 Å². The average molecular weight is 503 g/mol. The van der Waals surface area contributed by atoms with Crippen LogP contribution >= 0.6 is 23.7 Å². The van der Waals surface area contributed by atoms with Crippen LogP contribution in [-0.2, 0) is 4.79 Å². The molecule has 10 heteroatoms. The van der Waals surface area contributed by atoms with Gasteiger partial charge in [-0.25, -0.2) is 4.98 Å². The lowest BCUT2D eigenvalue weighted by Crippen LogP contribution is -2.45. The smallest absolute Gasteiger partial charge is 0.262 e. The molecule has 34 heavy (non-hydrogen) atoms. The van der Waals surface area contributed by atoms with E-state index in [2.05, 4.69) is 23.7 Å². The quantitative estimate of drug-likeness (QED) is 0.415. The fourth-order valence-corrected chi connectivity index (χ4v) is 4.88. The number of carbonyl (C=O) groups excluding carboxylic acids is 3. The second-order valence-electron chi connectivity index (χ2n) is 7.64. The van der Waals surface area contributed by atoms with Gasteiger partial charge in [-0.1, -0.05) is 37.3 Å². The second kappa shape index (κ2) is 10.9. The molecule has 3 amide bonds. The van der Waals surface area contributed by atoms with Gasteiger partial charge in [0, 0.05) is 13.1 Å². The van der Waals surface area contributed by atoms with Gasteiger partial charge in [0.05, 0.1) is 28.5 Å². The maximum Gasteiger partial charge on any atom is 0.262 e. The van der Waals surface area contributed by atoms with Crippen LogP contribution in [0, 0.1) is 0 Å². The Bertz CT molecular complexity index is 1180. The Labute approximate surface area is 208 Å². The number of anilines is 1. The Kier molecular flexibility index (Phi) is 8.24. The molecule has 1 aliphatic heterocycles. The summed E-state index contributed by atoms with van der Waals surface area (Å²) in [7, 11) is 1.60. The molecular formula is C24H27ClN4O4S. The largest absolute Gasteiger partial charge is 0.497 e. The number of imide groups is 1. The lowest BCUT2D eigenvalue weighted by Gasteiger charge is -2.26. The summed E-state index contributed by atoms with van der Waals surface area (Å²) in [6.45, 7) is 6.57. The highest BCUT2D eigenvalue weighted by Crippen LogP contribution is 2.32. The summed E-state index contributed by atoms with van der Waals surface area (Å²) in [5.74, 6) is -0.518. The SMILES string of the molecule is CCN(CC)CCN(C(=O)CN1C(=O)c2ccccc2C1=O)c1nc2ccc(OC)cc2s1.Cl. The normalized spacial score (nSPS) is 12.8. The summed E-state index contributed by atoms with van der Waals surface area (Å²) < 4.78 is 6.19. The van der Waals surface area contributed by atoms with E-state index >= 15 is 0 Å². The molecular weight excluding hydrogens is 476 g/mol. The number of benzene rings is 2. The molecule has 1 aromatic heterocycles. The fourth-order valence-electron chi connectivity index (χ4n) is 3.85. The predicted octanol–water partition coefficient (Wildman–Crippen LogP) is 3.70. The van der Waals surface area contributed by atoms with E-state index in [0.717, 1.165) is 28.2 Å². The van der Waals surface area contributed by atoms with Crippen molar-refractivity contribution >= 4 is 56.8 Å². The molecule has 0 bridgehead atoms. The van der Waals surface area contributed by atoms with Crippen molar-refractivity contribution in [1.82, 2.24) is 14.8 Å². The molecule has 3 aromatic rings. The number of hydrogen-bond donors (Lipinski definition) is 0. The standard InChI is InChI=1S/C24H26N4O4S.ClH/c1-4-26(5-2)12-13-27(24-25-19-11-10-16(32-3)14-20(19)33-24)21(29)15-28-22(30)17-8-6-7-9-18(17)23(28)31;/h6-11,14H,4-5,12-13,15H2,1-3H3;1H. The Balaban J connectivity index is 0.00000324. The highest BCUT2D eigenvalue weighted by atomic mass is 35.5. The lowest BCUT2D eigenvalue weighted by atomic mass is 10.1. The molecule has 0 unspecified atom stereocenters. The first kappa shape index (κ1) is 25.6. The molecule has 2 aromatic carbocycles. The van der Waals surface area contributed by atoms with Gasteiger partial charge in [0.15, 0.2) is 5.13 Å². The van der Waals surface area contributed by atoms with E-state index in [1.165, 1.54) is 11.3 Å². The van der Waals surface area contributed by atoms with Crippen molar-refractivity contribution < 1.29 is 19.1 Å². The van der Waals surface area contributed by atoms with Gasteiger partial charge in [-0.15, -0.1) is 12.4 Å². The van der Waals surface area contributed by atoms with Crippen molar-refractivity contribution in [2.24, 2.45) is 0 Å².